The number of hydrogen-bond acceptors (Lipinski definition) is 2. The number of methoxy groups -OCH3 is 1. The molecule has 2 N–H and O–H groups in total. The van der Waals surface area contributed by atoms with Crippen molar-refractivity contribution in [2.24, 2.45) is 0 Å². The van der Waals surface area contributed by atoms with Gasteiger partial charge >= 0.3 is 0 Å². The van der Waals surface area contributed by atoms with E-state index in [9.17, 15) is 4.79 Å². The summed E-state index contributed by atoms with van der Waals surface area (Å²) in [5, 5.41) is 3.60. The van der Waals surface area contributed by atoms with Crippen LogP contribution < -0.4 is 10.2 Å². The zero-order chi connectivity index (χ0) is 17.4. The number of ether oxygens (including phenoxy) is 1. The molecule has 0 saturated carbocycles. The molecule has 2 aromatic rings. The molecular weight excluding hydrogens is 324 g/mol. The third-order valence-corrected chi connectivity index (χ3v) is 4.27. The Morgan fingerprint density at radius 2 is 1.83 bits per heavy atom. The second-order valence-corrected chi connectivity index (χ2v) is 6.22. The number of amides is 1. The molecule has 128 valence electrons. The lowest BCUT2D eigenvalue weighted by Crippen LogP contribution is -3.15. The van der Waals surface area contributed by atoms with E-state index in [-0.39, 0.29) is 11.9 Å². The lowest BCUT2D eigenvalue weighted by Gasteiger charge is -2.25. The van der Waals surface area contributed by atoms with E-state index in [2.05, 4.69) is 17.4 Å². The van der Waals surface area contributed by atoms with Gasteiger partial charge in [-0.05, 0) is 31.2 Å². The number of benzene rings is 2. The van der Waals surface area contributed by atoms with Crippen LogP contribution in [0.2, 0.25) is 5.02 Å². The van der Waals surface area contributed by atoms with E-state index < -0.39 is 0 Å². The van der Waals surface area contributed by atoms with Crippen molar-refractivity contribution in [1.29, 1.82) is 0 Å². The fraction of sp³-hybridized carbons (Fsp3) is 0.316. The molecule has 0 saturated heterocycles. The van der Waals surface area contributed by atoms with Gasteiger partial charge in [0, 0.05) is 23.4 Å². The zero-order valence-corrected chi connectivity index (χ0v) is 14.8. The van der Waals surface area contributed by atoms with Crippen molar-refractivity contribution in [3.05, 3.63) is 65.2 Å². The molecule has 0 aliphatic rings. The maximum absolute atomic E-state index is 12.6. The monoisotopic (exact) mass is 347 g/mol. The van der Waals surface area contributed by atoms with E-state index >= 15 is 0 Å². The van der Waals surface area contributed by atoms with Crippen LogP contribution in [0.1, 0.15) is 12.5 Å². The number of carbonyl (C=O) groups excluding carboxylic acids is 1. The Hall–Kier alpha value is -1.88. The third-order valence-electron chi connectivity index (χ3n) is 4.02. The van der Waals surface area contributed by atoms with Gasteiger partial charge in [0.25, 0.3) is 5.91 Å². The molecule has 0 bridgehead atoms. The first-order valence-corrected chi connectivity index (χ1v) is 8.42. The highest BCUT2D eigenvalue weighted by atomic mass is 35.5. The quantitative estimate of drug-likeness (QED) is 0.770. The molecule has 0 radical (unpaired) electrons. The van der Waals surface area contributed by atoms with E-state index in [1.807, 2.05) is 25.1 Å². The molecule has 0 spiro atoms. The van der Waals surface area contributed by atoms with E-state index in [1.165, 1.54) is 5.56 Å². The van der Waals surface area contributed by atoms with Gasteiger partial charge < -0.3 is 15.0 Å². The maximum atomic E-state index is 12.6. The number of quaternary nitrogens is 1. The molecular formula is C19H24ClN2O2+. The van der Waals surface area contributed by atoms with Gasteiger partial charge in [-0.2, -0.15) is 0 Å². The SMILES string of the molecule is COCC[NH+](Cc1ccccc1)[C@@H](C)C(=O)Nc1ccc(Cl)cc1. The number of anilines is 1. The first-order valence-electron chi connectivity index (χ1n) is 8.04. The molecule has 2 rings (SSSR count). The molecule has 24 heavy (non-hydrogen) atoms. The molecule has 0 fully saturated rings. The first kappa shape index (κ1) is 18.5. The van der Waals surface area contributed by atoms with Crippen LogP contribution >= 0.6 is 11.6 Å². The Bertz CT molecular complexity index is 632. The summed E-state index contributed by atoms with van der Waals surface area (Å²) < 4.78 is 5.20. The lowest BCUT2D eigenvalue weighted by atomic mass is 10.1. The van der Waals surface area contributed by atoms with Gasteiger partial charge in [0.1, 0.15) is 13.1 Å². The van der Waals surface area contributed by atoms with E-state index in [0.29, 0.717) is 11.6 Å². The van der Waals surface area contributed by atoms with Crippen LogP contribution in [0.15, 0.2) is 54.6 Å². The maximum Gasteiger partial charge on any atom is 0.282 e. The Morgan fingerprint density at radius 1 is 1.17 bits per heavy atom. The Kier molecular flexibility index (Phi) is 7.25. The van der Waals surface area contributed by atoms with Gasteiger partial charge in [-0.15, -0.1) is 0 Å². The lowest BCUT2D eigenvalue weighted by molar-refractivity contribution is -0.927. The first-order chi connectivity index (χ1) is 11.6. The minimum absolute atomic E-state index is 0.0145. The summed E-state index contributed by atoms with van der Waals surface area (Å²) in [5.41, 5.74) is 1.96. The van der Waals surface area contributed by atoms with Crippen LogP contribution in [0.4, 0.5) is 5.69 Å². The smallest absolute Gasteiger partial charge is 0.282 e. The second-order valence-electron chi connectivity index (χ2n) is 5.78. The van der Waals surface area contributed by atoms with Gasteiger partial charge in [-0.1, -0.05) is 41.9 Å². The number of halogens is 1. The molecule has 0 aliphatic heterocycles. The van der Waals surface area contributed by atoms with Crippen LogP contribution in [0, 0.1) is 0 Å². The van der Waals surface area contributed by atoms with Crippen molar-refractivity contribution in [3.8, 4) is 0 Å². The summed E-state index contributed by atoms with van der Waals surface area (Å²) in [6.07, 6.45) is 0. The summed E-state index contributed by atoms with van der Waals surface area (Å²) in [4.78, 5) is 13.7. The highest BCUT2D eigenvalue weighted by Crippen LogP contribution is 2.13. The molecule has 4 nitrogen and oxygen atoms in total. The highest BCUT2D eigenvalue weighted by molar-refractivity contribution is 6.30. The molecule has 1 amide bonds. The van der Waals surface area contributed by atoms with E-state index in [0.717, 1.165) is 23.7 Å². The highest BCUT2D eigenvalue weighted by Gasteiger charge is 2.25. The van der Waals surface area contributed by atoms with Gasteiger partial charge in [0.2, 0.25) is 0 Å². The van der Waals surface area contributed by atoms with E-state index in [1.54, 1.807) is 31.4 Å². The van der Waals surface area contributed by atoms with Crippen molar-refractivity contribution < 1.29 is 14.4 Å². The van der Waals surface area contributed by atoms with Gasteiger partial charge in [-0.25, -0.2) is 0 Å². The fourth-order valence-electron chi connectivity index (χ4n) is 2.52. The van der Waals surface area contributed by atoms with Gasteiger partial charge in [-0.3, -0.25) is 4.79 Å². The number of nitrogens with one attached hydrogen (secondary N) is 2. The molecule has 5 heteroatoms. The second kappa shape index (κ2) is 9.42. The summed E-state index contributed by atoms with van der Waals surface area (Å²) in [5.74, 6) is -0.0145. The topological polar surface area (TPSA) is 42.8 Å². The van der Waals surface area contributed by atoms with Crippen LogP contribution in [0.25, 0.3) is 0 Å². The Morgan fingerprint density at radius 3 is 2.46 bits per heavy atom. The predicted octanol–water partition coefficient (Wildman–Crippen LogP) is 2.40. The van der Waals surface area contributed by atoms with Crippen LogP contribution in [-0.2, 0) is 16.1 Å². The molecule has 2 aromatic carbocycles. The minimum Gasteiger partial charge on any atom is -0.379 e. The molecule has 0 aliphatic carbocycles. The van der Waals surface area contributed by atoms with Crippen molar-refractivity contribution in [2.45, 2.75) is 19.5 Å². The third kappa shape index (κ3) is 5.64. The molecule has 0 heterocycles. The summed E-state index contributed by atoms with van der Waals surface area (Å²) >= 11 is 5.88. The normalized spacial score (nSPS) is 13.3. The molecule has 2 atom stereocenters. The number of hydrogen-bond donors (Lipinski definition) is 2. The minimum atomic E-state index is -0.198. The standard InChI is InChI=1S/C19H23ClN2O2/c1-15(19(23)21-18-10-8-17(20)9-11-18)22(12-13-24-2)14-16-6-4-3-5-7-16/h3-11,15H,12-14H2,1-2H3,(H,21,23)/p+1/t15-/m0/s1. The van der Waals surface area contributed by atoms with Crippen LogP contribution in [0.3, 0.4) is 0 Å². The Labute approximate surface area is 148 Å². The zero-order valence-electron chi connectivity index (χ0n) is 14.1. The van der Waals surface area contributed by atoms with Crippen molar-refractivity contribution >= 4 is 23.2 Å². The van der Waals surface area contributed by atoms with Gasteiger partial charge in [0.05, 0.1) is 6.61 Å². The predicted molar refractivity (Wildman–Crippen MR) is 97.4 cm³/mol. The van der Waals surface area contributed by atoms with Crippen LogP contribution in [-0.4, -0.2) is 32.2 Å². The Balaban J connectivity index is 2.03. The van der Waals surface area contributed by atoms with Crippen molar-refractivity contribution in [2.75, 3.05) is 25.6 Å². The number of rotatable bonds is 8. The fourth-order valence-corrected chi connectivity index (χ4v) is 2.64. The van der Waals surface area contributed by atoms with Gasteiger partial charge in [0.15, 0.2) is 6.04 Å². The summed E-state index contributed by atoms with van der Waals surface area (Å²) in [6.45, 7) is 4.10. The van der Waals surface area contributed by atoms with Crippen molar-refractivity contribution in [3.63, 3.8) is 0 Å². The number of carbonyl (C=O) groups is 1. The van der Waals surface area contributed by atoms with Crippen molar-refractivity contribution in [1.82, 2.24) is 0 Å². The van der Waals surface area contributed by atoms with Crippen LogP contribution in [0.5, 0.6) is 0 Å². The molecule has 1 unspecified atom stereocenters. The average Bonchev–Trinajstić information content (AvgIpc) is 2.60. The summed E-state index contributed by atoms with van der Waals surface area (Å²) in [6, 6.07) is 17.1. The van der Waals surface area contributed by atoms with E-state index in [4.69, 9.17) is 16.3 Å². The average molecular weight is 348 g/mol. The largest absolute Gasteiger partial charge is 0.379 e. The summed E-state index contributed by atoms with van der Waals surface area (Å²) in [7, 11) is 1.68. The molecule has 0 aromatic heterocycles.